The summed E-state index contributed by atoms with van der Waals surface area (Å²) < 4.78 is 27.0. The molecular formula is C22H33Cl2F2N5O5. The number of amides is 5. The summed E-state index contributed by atoms with van der Waals surface area (Å²) in [5.74, 6) is -5.24. The van der Waals surface area contributed by atoms with Crippen molar-refractivity contribution in [2.24, 2.45) is 17.3 Å². The van der Waals surface area contributed by atoms with Gasteiger partial charge in [0.25, 0.3) is 29.0 Å². The van der Waals surface area contributed by atoms with Gasteiger partial charge in [0.1, 0.15) is 12.1 Å². The van der Waals surface area contributed by atoms with Crippen LogP contribution in [0.5, 0.6) is 0 Å². The standard InChI is InChI=1S/C22H33Cl2F2N5O5/c1-5-11(2)14(28-19(34)15(23)25)20(35)30-10-22(3,4)8-13(30)18(33)29-31(21(36)16(24)26)9-12-6-7-27-17(12)32/h11-16H,5-10H2,1-4H3,(H,27,32)(H,28,34)(H,29,33)/t11?,12-,13-,14?,15?,16?/m0/s1. The second kappa shape index (κ2) is 12.4. The Balaban J connectivity index is 2.28. The molecule has 0 spiro atoms. The van der Waals surface area contributed by atoms with Gasteiger partial charge in [-0.05, 0) is 24.2 Å². The summed E-state index contributed by atoms with van der Waals surface area (Å²) in [6.07, 6.45) is 1.04. The van der Waals surface area contributed by atoms with E-state index in [2.05, 4.69) is 16.1 Å². The van der Waals surface area contributed by atoms with E-state index in [-0.39, 0.29) is 25.4 Å². The number of nitrogens with one attached hydrogen (secondary N) is 3. The maximum Gasteiger partial charge on any atom is 0.291 e. The van der Waals surface area contributed by atoms with Crippen molar-refractivity contribution in [3.05, 3.63) is 0 Å². The highest BCUT2D eigenvalue weighted by Crippen LogP contribution is 2.35. The van der Waals surface area contributed by atoms with Gasteiger partial charge in [-0.15, -0.1) is 0 Å². The Morgan fingerprint density at radius 2 is 1.86 bits per heavy atom. The molecule has 0 aromatic rings. The third-order valence-electron chi connectivity index (χ3n) is 6.54. The molecule has 2 fully saturated rings. The molecule has 6 atom stereocenters. The molecule has 2 aliphatic rings. The monoisotopic (exact) mass is 555 g/mol. The first kappa shape index (κ1) is 30.0. The minimum Gasteiger partial charge on any atom is -0.356 e. The second-order valence-corrected chi connectivity index (χ2v) is 10.8. The van der Waals surface area contributed by atoms with E-state index in [1.807, 2.05) is 13.8 Å². The smallest absolute Gasteiger partial charge is 0.291 e. The summed E-state index contributed by atoms with van der Waals surface area (Å²) in [6.45, 7) is 7.34. The fourth-order valence-corrected chi connectivity index (χ4v) is 4.55. The Hall–Kier alpha value is -2.21. The third-order valence-corrected chi connectivity index (χ3v) is 6.93. The van der Waals surface area contributed by atoms with Crippen LogP contribution in [0.15, 0.2) is 0 Å². The first-order valence-electron chi connectivity index (χ1n) is 11.7. The summed E-state index contributed by atoms with van der Waals surface area (Å²) >= 11 is 10.5. The Morgan fingerprint density at radius 3 is 2.36 bits per heavy atom. The quantitative estimate of drug-likeness (QED) is 0.291. The Labute approximate surface area is 218 Å². The minimum atomic E-state index is -2.46. The Kier molecular flexibility index (Phi) is 10.3. The fourth-order valence-electron chi connectivity index (χ4n) is 4.37. The van der Waals surface area contributed by atoms with Crippen molar-refractivity contribution in [2.45, 2.75) is 70.3 Å². The summed E-state index contributed by atoms with van der Waals surface area (Å²) in [5.41, 5.74) is -3.00. The normalized spacial score (nSPS) is 24.3. The van der Waals surface area contributed by atoms with Gasteiger partial charge in [0.05, 0.1) is 12.5 Å². The van der Waals surface area contributed by atoms with Crippen LogP contribution >= 0.6 is 23.2 Å². The number of rotatable bonds is 9. The number of likely N-dealkylation sites (tertiary alicyclic amines) is 1. The van der Waals surface area contributed by atoms with Gasteiger partial charge in [0.15, 0.2) is 0 Å². The zero-order valence-corrected chi connectivity index (χ0v) is 22.2. The van der Waals surface area contributed by atoms with Crippen molar-refractivity contribution in [2.75, 3.05) is 19.6 Å². The van der Waals surface area contributed by atoms with E-state index >= 15 is 0 Å². The van der Waals surface area contributed by atoms with E-state index in [9.17, 15) is 32.8 Å². The fraction of sp³-hybridized carbons (Fsp3) is 0.773. The van der Waals surface area contributed by atoms with Crippen LogP contribution in [-0.4, -0.2) is 82.4 Å². The largest absolute Gasteiger partial charge is 0.356 e. The van der Waals surface area contributed by atoms with Gasteiger partial charge in [-0.25, -0.2) is 13.8 Å². The number of hydrogen-bond donors (Lipinski definition) is 3. The molecule has 4 unspecified atom stereocenters. The number of carbonyl (C=O) groups is 5. The molecule has 36 heavy (non-hydrogen) atoms. The van der Waals surface area contributed by atoms with E-state index < -0.39 is 64.2 Å². The maximum absolute atomic E-state index is 13.7. The molecule has 0 radical (unpaired) electrons. The lowest BCUT2D eigenvalue weighted by Gasteiger charge is -2.33. The highest BCUT2D eigenvalue weighted by Gasteiger charge is 2.47. The van der Waals surface area contributed by atoms with Crippen molar-refractivity contribution in [3.8, 4) is 0 Å². The summed E-state index contributed by atoms with van der Waals surface area (Å²) in [7, 11) is 0. The highest BCUT2D eigenvalue weighted by atomic mass is 35.5. The molecule has 0 aromatic heterocycles. The molecule has 14 heteroatoms. The van der Waals surface area contributed by atoms with Crippen LogP contribution in [0, 0.1) is 17.3 Å². The molecule has 2 saturated heterocycles. The van der Waals surface area contributed by atoms with Crippen LogP contribution in [-0.2, 0) is 24.0 Å². The highest BCUT2D eigenvalue weighted by molar-refractivity contribution is 6.30. The Morgan fingerprint density at radius 1 is 1.22 bits per heavy atom. The van der Waals surface area contributed by atoms with Crippen molar-refractivity contribution in [1.82, 2.24) is 26.0 Å². The van der Waals surface area contributed by atoms with E-state index in [1.165, 1.54) is 4.90 Å². The molecule has 10 nitrogen and oxygen atoms in total. The molecule has 0 aromatic carbocycles. The number of halogens is 4. The van der Waals surface area contributed by atoms with Crippen molar-refractivity contribution in [1.29, 1.82) is 0 Å². The molecule has 0 saturated carbocycles. The van der Waals surface area contributed by atoms with Gasteiger partial charge >= 0.3 is 0 Å². The number of carbonyl (C=O) groups excluding carboxylic acids is 5. The SMILES string of the molecule is CCC(C)C(NC(=O)C(F)Cl)C(=O)N1CC(C)(C)C[C@H]1C(=O)NN(C[C@@H]1CCNC1=O)C(=O)C(F)Cl. The molecule has 2 aliphatic heterocycles. The molecule has 204 valence electrons. The van der Waals surface area contributed by atoms with Crippen molar-refractivity contribution < 1.29 is 32.8 Å². The second-order valence-electron chi connectivity index (χ2n) is 10.0. The molecule has 2 heterocycles. The van der Waals surface area contributed by atoms with Crippen LogP contribution in [0.4, 0.5) is 8.78 Å². The molecule has 5 amide bonds. The lowest BCUT2D eigenvalue weighted by atomic mass is 9.90. The molecule has 0 bridgehead atoms. The van der Waals surface area contributed by atoms with Crippen LogP contribution in [0.1, 0.15) is 47.0 Å². The van der Waals surface area contributed by atoms with Gasteiger partial charge in [-0.2, -0.15) is 0 Å². The molecule has 2 rings (SSSR count). The van der Waals surface area contributed by atoms with Gasteiger partial charge in [-0.1, -0.05) is 57.3 Å². The lowest BCUT2D eigenvalue weighted by molar-refractivity contribution is -0.149. The van der Waals surface area contributed by atoms with Gasteiger partial charge in [-0.3, -0.25) is 29.4 Å². The van der Waals surface area contributed by atoms with E-state index in [1.54, 1.807) is 13.8 Å². The van der Waals surface area contributed by atoms with Crippen LogP contribution in [0.25, 0.3) is 0 Å². The number of hydrogen-bond acceptors (Lipinski definition) is 5. The number of hydrazine groups is 1. The summed E-state index contributed by atoms with van der Waals surface area (Å²) in [4.78, 5) is 64.3. The predicted octanol–water partition coefficient (Wildman–Crippen LogP) is 1.21. The predicted molar refractivity (Wildman–Crippen MR) is 128 cm³/mol. The average molecular weight is 556 g/mol. The van der Waals surface area contributed by atoms with E-state index in [0.29, 0.717) is 24.4 Å². The minimum absolute atomic E-state index is 0.132. The van der Waals surface area contributed by atoms with Crippen molar-refractivity contribution >= 4 is 52.7 Å². The number of nitrogens with zero attached hydrogens (tertiary/aromatic N) is 2. The maximum atomic E-state index is 13.7. The molecule has 3 N–H and O–H groups in total. The van der Waals surface area contributed by atoms with Crippen molar-refractivity contribution in [3.63, 3.8) is 0 Å². The number of alkyl halides is 4. The van der Waals surface area contributed by atoms with E-state index in [0.717, 1.165) is 0 Å². The first-order valence-corrected chi connectivity index (χ1v) is 12.6. The lowest BCUT2D eigenvalue weighted by Crippen LogP contribution is -2.59. The topological polar surface area (TPSA) is 128 Å². The van der Waals surface area contributed by atoms with Crippen LogP contribution < -0.4 is 16.1 Å². The van der Waals surface area contributed by atoms with Gasteiger partial charge in [0.2, 0.25) is 11.8 Å². The zero-order chi connectivity index (χ0) is 27.4. The Bertz CT molecular complexity index is 876. The first-order chi connectivity index (χ1) is 16.7. The van der Waals surface area contributed by atoms with Gasteiger partial charge < -0.3 is 15.5 Å². The summed E-state index contributed by atoms with van der Waals surface area (Å²) in [6, 6.07) is -2.24. The van der Waals surface area contributed by atoms with Crippen LogP contribution in [0.3, 0.4) is 0 Å². The zero-order valence-electron chi connectivity index (χ0n) is 20.7. The average Bonchev–Trinajstić information content (AvgIpc) is 3.36. The third kappa shape index (κ3) is 7.41. The van der Waals surface area contributed by atoms with Gasteiger partial charge in [0, 0.05) is 13.1 Å². The van der Waals surface area contributed by atoms with Crippen LogP contribution in [0.2, 0.25) is 0 Å². The summed E-state index contributed by atoms with van der Waals surface area (Å²) in [5, 5.41) is 5.57. The molecule has 0 aliphatic carbocycles. The molecular weight excluding hydrogens is 523 g/mol. The van der Waals surface area contributed by atoms with E-state index in [4.69, 9.17) is 23.2 Å².